The molecule has 1 N–H and O–H groups in total. The number of fused-ring (bicyclic) bond motifs is 1. The first-order chi connectivity index (χ1) is 14.5. The number of hydrogen-bond donors (Lipinski definition) is 1. The van der Waals surface area contributed by atoms with Crippen molar-refractivity contribution in [2.45, 2.75) is 20.8 Å². The summed E-state index contributed by atoms with van der Waals surface area (Å²) < 4.78 is 5.37. The Balaban J connectivity index is 1.47. The van der Waals surface area contributed by atoms with Crippen LogP contribution in [0.5, 0.6) is 5.88 Å². The van der Waals surface area contributed by atoms with E-state index in [2.05, 4.69) is 52.2 Å². The number of urea groups is 1. The third-order valence-corrected chi connectivity index (χ3v) is 5.53. The van der Waals surface area contributed by atoms with Gasteiger partial charge >= 0.3 is 6.03 Å². The second kappa shape index (κ2) is 8.18. The van der Waals surface area contributed by atoms with Crippen molar-refractivity contribution >= 4 is 28.6 Å². The quantitative estimate of drug-likeness (QED) is 0.715. The molecule has 0 atom stereocenters. The molecule has 7 nitrogen and oxygen atoms in total. The van der Waals surface area contributed by atoms with Crippen LogP contribution < -0.4 is 15.0 Å². The van der Waals surface area contributed by atoms with Crippen molar-refractivity contribution in [1.82, 2.24) is 14.9 Å². The maximum absolute atomic E-state index is 12.9. The Morgan fingerprint density at radius 2 is 1.67 bits per heavy atom. The standard InChI is InChI=1S/C23H27N5O2/c1-15-8-9-18-19(14-15)25-22(30-4)21(24-18)26-23(29)28-12-10-27(11-13-28)20-16(2)6-5-7-17(20)3/h5-9,14H,10-13H2,1-4H3,(H,24,26,29). The van der Waals surface area contributed by atoms with Crippen molar-refractivity contribution in [2.75, 3.05) is 43.5 Å². The molecule has 0 saturated carbocycles. The minimum absolute atomic E-state index is 0.185. The maximum atomic E-state index is 12.9. The molecular formula is C23H27N5O2. The number of aryl methyl sites for hydroxylation is 3. The average molecular weight is 406 g/mol. The number of aromatic nitrogens is 2. The third kappa shape index (κ3) is 3.87. The molecule has 3 aromatic rings. The second-order valence-corrected chi connectivity index (χ2v) is 7.72. The van der Waals surface area contributed by atoms with Gasteiger partial charge in [0.1, 0.15) is 0 Å². The Morgan fingerprint density at radius 1 is 0.967 bits per heavy atom. The fourth-order valence-corrected chi connectivity index (χ4v) is 3.99. The van der Waals surface area contributed by atoms with E-state index in [9.17, 15) is 4.79 Å². The zero-order valence-corrected chi connectivity index (χ0v) is 17.9. The molecule has 156 valence electrons. The van der Waals surface area contributed by atoms with Crippen LogP contribution in [0.25, 0.3) is 11.0 Å². The van der Waals surface area contributed by atoms with Crippen molar-refractivity contribution in [1.29, 1.82) is 0 Å². The van der Waals surface area contributed by atoms with Crippen LogP contribution in [0.4, 0.5) is 16.3 Å². The smallest absolute Gasteiger partial charge is 0.323 e. The van der Waals surface area contributed by atoms with Gasteiger partial charge in [-0.1, -0.05) is 24.3 Å². The Bertz CT molecular complexity index is 1070. The van der Waals surface area contributed by atoms with Gasteiger partial charge in [0.05, 0.1) is 18.1 Å². The summed E-state index contributed by atoms with van der Waals surface area (Å²) in [6.07, 6.45) is 0. The molecule has 7 heteroatoms. The zero-order valence-electron chi connectivity index (χ0n) is 17.9. The van der Waals surface area contributed by atoms with Gasteiger partial charge in [0.25, 0.3) is 5.88 Å². The summed E-state index contributed by atoms with van der Waals surface area (Å²) in [6.45, 7) is 9.13. The molecule has 4 rings (SSSR count). The molecular weight excluding hydrogens is 378 g/mol. The van der Waals surface area contributed by atoms with Gasteiger partial charge in [0.15, 0.2) is 5.82 Å². The lowest BCUT2D eigenvalue weighted by Crippen LogP contribution is -2.50. The van der Waals surface area contributed by atoms with Crippen LogP contribution in [-0.4, -0.2) is 54.2 Å². The molecule has 30 heavy (non-hydrogen) atoms. The fraction of sp³-hybridized carbons (Fsp3) is 0.348. The highest BCUT2D eigenvalue weighted by molar-refractivity contribution is 5.91. The number of carbonyl (C=O) groups is 1. The van der Waals surface area contributed by atoms with Crippen molar-refractivity contribution in [2.24, 2.45) is 0 Å². The summed E-state index contributed by atoms with van der Waals surface area (Å²) in [7, 11) is 1.53. The van der Waals surface area contributed by atoms with Gasteiger partial charge in [0.2, 0.25) is 0 Å². The van der Waals surface area contributed by atoms with Gasteiger partial charge in [-0.2, -0.15) is 0 Å². The number of para-hydroxylation sites is 1. The van der Waals surface area contributed by atoms with Crippen LogP contribution in [0.1, 0.15) is 16.7 Å². The first kappa shape index (κ1) is 19.9. The van der Waals surface area contributed by atoms with Crippen molar-refractivity contribution < 1.29 is 9.53 Å². The topological polar surface area (TPSA) is 70.6 Å². The zero-order chi connectivity index (χ0) is 21.3. The number of rotatable bonds is 3. The van der Waals surface area contributed by atoms with Gasteiger partial charge in [-0.15, -0.1) is 0 Å². The van der Waals surface area contributed by atoms with Gasteiger partial charge in [-0.25, -0.2) is 14.8 Å². The number of nitrogens with one attached hydrogen (secondary N) is 1. The Hall–Kier alpha value is -3.35. The maximum Gasteiger partial charge on any atom is 0.323 e. The third-order valence-electron chi connectivity index (χ3n) is 5.53. The molecule has 2 heterocycles. The summed E-state index contributed by atoms with van der Waals surface area (Å²) in [5.41, 5.74) is 6.36. The molecule has 2 amide bonds. The van der Waals surface area contributed by atoms with E-state index < -0.39 is 0 Å². The minimum atomic E-state index is -0.185. The lowest BCUT2D eigenvalue weighted by atomic mass is 10.1. The summed E-state index contributed by atoms with van der Waals surface area (Å²) in [5, 5.41) is 2.89. The monoisotopic (exact) mass is 405 g/mol. The van der Waals surface area contributed by atoms with Crippen LogP contribution in [0.3, 0.4) is 0 Å². The summed E-state index contributed by atoms with van der Waals surface area (Å²) in [4.78, 5) is 26.1. The van der Waals surface area contributed by atoms with Gasteiger partial charge in [-0.05, 0) is 49.6 Å². The second-order valence-electron chi connectivity index (χ2n) is 7.72. The van der Waals surface area contributed by atoms with E-state index in [1.807, 2.05) is 30.0 Å². The predicted molar refractivity (Wildman–Crippen MR) is 120 cm³/mol. The SMILES string of the molecule is COc1nc2cc(C)ccc2nc1NC(=O)N1CCN(c2c(C)cccc2C)CC1. The normalized spacial score (nSPS) is 14.1. The molecule has 0 radical (unpaired) electrons. The Kier molecular flexibility index (Phi) is 5.44. The van der Waals surface area contributed by atoms with Crippen LogP contribution in [0, 0.1) is 20.8 Å². The van der Waals surface area contributed by atoms with Gasteiger partial charge in [0, 0.05) is 31.9 Å². The number of piperazine rings is 1. The molecule has 1 aliphatic heterocycles. The molecule has 0 unspecified atom stereocenters. The highest BCUT2D eigenvalue weighted by Crippen LogP contribution is 2.27. The number of methoxy groups -OCH3 is 1. The Labute approximate surface area is 176 Å². The highest BCUT2D eigenvalue weighted by Gasteiger charge is 2.24. The van der Waals surface area contributed by atoms with Gasteiger partial charge < -0.3 is 14.5 Å². The summed E-state index contributed by atoms with van der Waals surface area (Å²) >= 11 is 0. The molecule has 0 bridgehead atoms. The first-order valence-electron chi connectivity index (χ1n) is 10.2. The van der Waals surface area contributed by atoms with E-state index >= 15 is 0 Å². The molecule has 0 spiro atoms. The van der Waals surface area contributed by atoms with Crippen LogP contribution in [0.2, 0.25) is 0 Å². The number of benzene rings is 2. The molecule has 1 aliphatic rings. The lowest BCUT2D eigenvalue weighted by Gasteiger charge is -2.37. The number of carbonyl (C=O) groups excluding carboxylic acids is 1. The minimum Gasteiger partial charge on any atom is -0.478 e. The van der Waals surface area contributed by atoms with E-state index in [4.69, 9.17) is 4.74 Å². The number of amides is 2. The van der Waals surface area contributed by atoms with Crippen molar-refractivity contribution in [3.05, 3.63) is 53.1 Å². The van der Waals surface area contributed by atoms with Crippen molar-refractivity contribution in [3.8, 4) is 5.88 Å². The largest absolute Gasteiger partial charge is 0.478 e. The van der Waals surface area contributed by atoms with E-state index in [0.717, 1.165) is 29.7 Å². The highest BCUT2D eigenvalue weighted by atomic mass is 16.5. The number of hydrogen-bond acceptors (Lipinski definition) is 5. The molecule has 1 aromatic heterocycles. The molecule has 1 saturated heterocycles. The van der Waals surface area contributed by atoms with E-state index in [-0.39, 0.29) is 6.03 Å². The number of ether oxygens (including phenoxy) is 1. The predicted octanol–water partition coefficient (Wildman–Crippen LogP) is 3.92. The van der Waals surface area contributed by atoms with Crippen molar-refractivity contribution in [3.63, 3.8) is 0 Å². The Morgan fingerprint density at radius 3 is 2.33 bits per heavy atom. The molecule has 1 fully saturated rings. The van der Waals surface area contributed by atoms with E-state index in [1.165, 1.54) is 23.9 Å². The number of anilines is 2. The summed E-state index contributed by atoms with van der Waals surface area (Å²) in [6, 6.07) is 12.0. The van der Waals surface area contributed by atoms with Crippen LogP contribution >= 0.6 is 0 Å². The molecule has 2 aromatic carbocycles. The van der Waals surface area contributed by atoms with Gasteiger partial charge in [-0.3, -0.25) is 5.32 Å². The summed E-state index contributed by atoms with van der Waals surface area (Å²) in [5.74, 6) is 0.659. The lowest BCUT2D eigenvalue weighted by molar-refractivity contribution is 0.208. The van der Waals surface area contributed by atoms with Crippen LogP contribution in [-0.2, 0) is 0 Å². The fourth-order valence-electron chi connectivity index (χ4n) is 3.99. The van der Waals surface area contributed by atoms with Crippen LogP contribution in [0.15, 0.2) is 36.4 Å². The van der Waals surface area contributed by atoms with E-state index in [1.54, 1.807) is 0 Å². The molecule has 0 aliphatic carbocycles. The average Bonchev–Trinajstić information content (AvgIpc) is 2.73. The first-order valence-corrected chi connectivity index (χ1v) is 10.2. The van der Waals surface area contributed by atoms with E-state index in [0.29, 0.717) is 24.8 Å². The number of nitrogens with zero attached hydrogens (tertiary/aromatic N) is 4.